The van der Waals surface area contributed by atoms with Crippen LogP contribution < -0.4 is 69.8 Å². The molecular formula is C66H99N15O34S. The van der Waals surface area contributed by atoms with Crippen molar-refractivity contribution >= 4 is 118 Å². The lowest BCUT2D eigenvalue weighted by molar-refractivity contribution is -0.142. The number of benzene rings is 1. The molecule has 0 aliphatic carbocycles. The quantitative estimate of drug-likeness (QED) is 0.0233. The maximum atomic E-state index is 14.6. The number of carbonyl (C=O) groups is 14. The number of fused-ring (bicyclic) bond motifs is 1. The van der Waals surface area contributed by atoms with Gasteiger partial charge in [0.25, 0.3) is 11.5 Å². The molecule has 33 N–H and O–H groups in total. The molecular weight excluding hydrogens is 1580 g/mol. The highest BCUT2D eigenvalue weighted by molar-refractivity contribution is 7.80. The summed E-state index contributed by atoms with van der Waals surface area (Å²) in [6.07, 6.45) is -34.7. The number of rotatable bonds is 55. The zero-order valence-electron chi connectivity index (χ0n) is 61.6. The molecule has 0 aliphatic rings. The molecule has 50 heteroatoms. The predicted octanol–water partition coefficient (Wildman–Crippen LogP) is -13.9. The number of nitrogens with two attached hydrogens (primary N) is 1. The molecule has 3 rings (SSSR count). The lowest BCUT2D eigenvalue weighted by atomic mass is 10.0. The zero-order valence-corrected chi connectivity index (χ0v) is 62.5. The van der Waals surface area contributed by atoms with E-state index < -0.39 is 326 Å². The Bertz CT molecular complexity index is 3870. The first-order valence-electron chi connectivity index (χ1n) is 35.5. The van der Waals surface area contributed by atoms with Crippen molar-refractivity contribution in [3.63, 3.8) is 0 Å². The number of aromatic amines is 1. The van der Waals surface area contributed by atoms with Crippen LogP contribution in [0.1, 0.15) is 93.1 Å². The molecule has 1 aromatic carbocycles. The summed E-state index contributed by atoms with van der Waals surface area (Å²) >= 11 is 3.87. The van der Waals surface area contributed by atoms with E-state index in [0.717, 1.165) is 0 Å². The lowest BCUT2D eigenvalue weighted by Crippen LogP contribution is -2.59. The number of nitrogens with zero attached hydrogens (tertiary/aromatic N) is 2. The second kappa shape index (κ2) is 50.0. The van der Waals surface area contributed by atoms with Gasteiger partial charge in [-0.15, -0.1) is 0 Å². The second-order valence-electron chi connectivity index (χ2n) is 26.2. The summed E-state index contributed by atoms with van der Waals surface area (Å²) < 4.78 is 0. The standard InChI is InChI=1S/C66H99N15O34S/c67-44-17-36-51(64(111)81-44)73-29(19-69-36)18-68-28-3-1-27(2-4-28)58(105)79-35(65(112)113)8-14-48(94)74-30(5-11-45(91)70-20-38(85)52(99)55(102)41(88)23-82)59(106)77-33(9-15-49(95)96)61(108)75-31(6-12-46(92)71-21-39(86)53(100)56(103)42(89)24-83)60(107)78-34(10-16-50(97)98)62(109)76-32(63(110)80-37(26-116)66(114)115)7-13-47(93)72-22-40(87)54(101)57(104)43(90)25-84/h1-4,17,19,30-35,37-43,52-57,68,82-90,99-104,116H,5-16,18,20-26H2,(H,70,91)(H,71,92)(H,72,93)(H,74,94)(H,75,108)(H,76,109)(H,77,106)(H,78,107)(H,79,105)(H,80,110)(H,95,96)(H,97,98)(H,112,113)(H,114,115)(H3,67,81,111)/t30-,31-,32-,33+,34+,35+,37+,38-,39-,40-,41+,42+,43+,52+,53+,54+,55+,56+,57+/m0/s1. The van der Waals surface area contributed by atoms with Gasteiger partial charge in [0.2, 0.25) is 53.2 Å². The number of nitrogens with one attached hydrogen (secondary N) is 12. The topological polar surface area (TPSA) is 840 Å². The van der Waals surface area contributed by atoms with Crippen molar-refractivity contribution in [3.8, 4) is 0 Å². The van der Waals surface area contributed by atoms with Crippen LogP contribution in [0.4, 0.5) is 11.5 Å². The van der Waals surface area contributed by atoms with Crippen molar-refractivity contribution in [1.82, 2.24) is 68.1 Å². The number of aromatic nitrogens is 3. The fourth-order valence-electron chi connectivity index (χ4n) is 10.4. The predicted molar refractivity (Wildman–Crippen MR) is 393 cm³/mol. The number of carboxylic acids is 4. The molecule has 0 saturated heterocycles. The highest BCUT2D eigenvalue weighted by atomic mass is 32.1. The van der Waals surface area contributed by atoms with Gasteiger partial charge < -0.3 is 166 Å². The molecule has 10 amide bonds. The number of aliphatic hydroxyl groups is 15. The van der Waals surface area contributed by atoms with Gasteiger partial charge in [0.05, 0.1) is 62.1 Å². The smallest absolute Gasteiger partial charge is 0.327 e. The van der Waals surface area contributed by atoms with E-state index in [1.807, 2.05) is 5.32 Å². The minimum absolute atomic E-state index is 0.00655. The Morgan fingerprint density at radius 2 is 0.750 bits per heavy atom. The summed E-state index contributed by atoms with van der Waals surface area (Å²) in [6.45, 7) is -5.93. The number of thiol groups is 1. The van der Waals surface area contributed by atoms with Gasteiger partial charge in [0, 0.05) is 81.2 Å². The number of carbonyl (C=O) groups excluding carboxylic acids is 10. The highest BCUT2D eigenvalue weighted by Gasteiger charge is 2.38. The summed E-state index contributed by atoms with van der Waals surface area (Å²) in [6, 6.07) is -7.54. The molecule has 0 bridgehead atoms. The summed E-state index contributed by atoms with van der Waals surface area (Å²) in [5, 5.41) is 213. The van der Waals surface area contributed by atoms with Gasteiger partial charge in [0.15, 0.2) is 5.52 Å². The maximum absolute atomic E-state index is 14.6. The monoisotopic (exact) mass is 1680 g/mol. The van der Waals surface area contributed by atoms with E-state index in [-0.39, 0.29) is 29.0 Å². The molecule has 19 atom stereocenters. The first-order valence-corrected chi connectivity index (χ1v) is 36.1. The minimum Gasteiger partial charge on any atom is -0.481 e. The van der Waals surface area contributed by atoms with Gasteiger partial charge >= 0.3 is 23.9 Å². The van der Waals surface area contributed by atoms with Crippen LogP contribution in [0.5, 0.6) is 0 Å². The highest BCUT2D eigenvalue weighted by Crippen LogP contribution is 2.17. The number of H-pyrrole nitrogens is 1. The Kier molecular flexibility index (Phi) is 43.0. The van der Waals surface area contributed by atoms with Crippen LogP contribution in [0, 0.1) is 0 Å². The van der Waals surface area contributed by atoms with E-state index in [1.54, 1.807) is 0 Å². The molecule has 0 fully saturated rings. The van der Waals surface area contributed by atoms with Gasteiger partial charge in [-0.2, -0.15) is 12.6 Å². The molecule has 0 spiro atoms. The summed E-state index contributed by atoms with van der Waals surface area (Å²) in [7, 11) is 0. The van der Waals surface area contributed by atoms with Crippen LogP contribution in [0.15, 0.2) is 41.3 Å². The van der Waals surface area contributed by atoms with E-state index >= 15 is 0 Å². The third-order valence-corrected chi connectivity index (χ3v) is 17.6. The molecule has 2 heterocycles. The number of nitrogen functional groups attached to an aromatic ring is 1. The second-order valence-corrected chi connectivity index (χ2v) is 26.6. The van der Waals surface area contributed by atoms with Crippen molar-refractivity contribution in [2.24, 2.45) is 0 Å². The number of aliphatic carboxylic acids is 4. The maximum Gasteiger partial charge on any atom is 0.327 e. The molecule has 0 radical (unpaired) electrons. The Morgan fingerprint density at radius 1 is 0.422 bits per heavy atom. The van der Waals surface area contributed by atoms with Crippen LogP contribution in [0.2, 0.25) is 0 Å². The molecule has 3 aromatic rings. The number of hydrogen-bond acceptors (Lipinski definition) is 35. The largest absolute Gasteiger partial charge is 0.481 e. The van der Waals surface area contributed by atoms with Crippen molar-refractivity contribution in [3.05, 3.63) is 58.1 Å². The van der Waals surface area contributed by atoms with Crippen LogP contribution in [-0.2, 0) is 68.9 Å². The number of amides is 10. The third-order valence-electron chi connectivity index (χ3n) is 17.3. The Morgan fingerprint density at radius 3 is 1.09 bits per heavy atom. The first-order chi connectivity index (χ1) is 54.5. The third kappa shape index (κ3) is 34.1. The molecule has 49 nitrogen and oxygen atoms in total. The average Bonchev–Trinajstić information content (AvgIpc) is 0.810. The fraction of sp³-hybridized carbons (Fsp3) is 0.591. The number of anilines is 2. The van der Waals surface area contributed by atoms with E-state index in [1.165, 1.54) is 36.5 Å². The summed E-state index contributed by atoms with van der Waals surface area (Å²) in [4.78, 5) is 211. The number of aliphatic hydroxyl groups excluding tert-OH is 15. The van der Waals surface area contributed by atoms with Crippen LogP contribution in [0.25, 0.3) is 11.0 Å². The average molecular weight is 1680 g/mol. The van der Waals surface area contributed by atoms with E-state index in [0.29, 0.717) is 11.4 Å². The SMILES string of the molecule is Nc1cc2ncc(CNc3ccc(C(=O)N[C@H](CCC(=O)N[C@@H](CCC(=O)NC[C@H](O)[C@@H](O)[C@H](O)[C@H](O)CO)C(=O)N[C@H](CCC(=O)O)C(=O)N[C@@H](CCC(=O)NC[C@H](O)[C@@H](O)[C@H](O)[C@H](O)CO)C(=O)N[C@H](CCC(=O)O)C(=O)N[C@@H](CCC(=O)NC[C@H](O)[C@@H](O)[C@H](O)[C@H](O)CO)C(=O)N[C@H](CS)C(=O)O)C(=O)O)cc3)nc2c(=O)[nH]1. The van der Waals surface area contributed by atoms with Crippen molar-refractivity contribution in [2.45, 2.75) is 199 Å². The van der Waals surface area contributed by atoms with Crippen molar-refractivity contribution in [1.29, 1.82) is 0 Å². The Balaban J connectivity index is 2.05. The van der Waals surface area contributed by atoms with Gasteiger partial charge in [-0.05, 0) is 62.8 Å². The van der Waals surface area contributed by atoms with Gasteiger partial charge in [-0.3, -0.25) is 67.3 Å². The van der Waals surface area contributed by atoms with Gasteiger partial charge in [-0.25, -0.2) is 14.6 Å². The summed E-state index contributed by atoms with van der Waals surface area (Å²) in [5.41, 5.74) is 5.95. The lowest BCUT2D eigenvalue weighted by Gasteiger charge is -2.28. The molecule has 2 aromatic heterocycles. The van der Waals surface area contributed by atoms with Crippen molar-refractivity contribution < 1.29 is 164 Å². The summed E-state index contributed by atoms with van der Waals surface area (Å²) in [5.74, 6) is -20.2. The van der Waals surface area contributed by atoms with E-state index in [9.17, 15) is 164 Å². The number of hydrogen-bond donors (Lipinski definition) is 33. The molecule has 0 saturated carbocycles. The Hall–Kier alpha value is -10.6. The number of carboxylic acid groups (broad SMARTS) is 4. The fourth-order valence-corrected chi connectivity index (χ4v) is 10.6. The van der Waals surface area contributed by atoms with E-state index in [2.05, 4.69) is 80.7 Å². The Labute approximate surface area is 661 Å². The molecule has 648 valence electrons. The molecule has 0 unspecified atom stereocenters. The van der Waals surface area contributed by atoms with E-state index in [4.69, 9.17) is 10.8 Å². The normalized spacial score (nSPS) is 16.3. The number of pyridine rings is 1. The first kappa shape index (κ1) is 99.6. The molecule has 0 aliphatic heterocycles. The molecule has 116 heavy (non-hydrogen) atoms. The zero-order chi connectivity index (χ0) is 87.4. The van der Waals surface area contributed by atoms with Crippen LogP contribution >= 0.6 is 12.6 Å². The minimum atomic E-state index is -2.25. The van der Waals surface area contributed by atoms with Crippen LogP contribution in [0.3, 0.4) is 0 Å². The van der Waals surface area contributed by atoms with Gasteiger partial charge in [0.1, 0.15) is 103 Å². The van der Waals surface area contributed by atoms with Crippen LogP contribution in [-0.4, -0.2) is 356 Å². The van der Waals surface area contributed by atoms with Crippen molar-refractivity contribution in [2.75, 3.05) is 56.3 Å². The van der Waals surface area contributed by atoms with Gasteiger partial charge in [-0.1, -0.05) is 0 Å².